The molecule has 0 radical (unpaired) electrons. The van der Waals surface area contributed by atoms with Crippen molar-refractivity contribution in [2.45, 2.75) is 25.5 Å². The van der Waals surface area contributed by atoms with E-state index in [0.29, 0.717) is 31.0 Å². The molecule has 4 heterocycles. The van der Waals surface area contributed by atoms with E-state index in [4.69, 9.17) is 4.74 Å². The molecule has 0 bridgehead atoms. The number of amides is 1. The van der Waals surface area contributed by atoms with Crippen LogP contribution in [0.2, 0.25) is 0 Å². The van der Waals surface area contributed by atoms with Gasteiger partial charge in [0.1, 0.15) is 29.2 Å². The Labute approximate surface area is 192 Å². The van der Waals surface area contributed by atoms with Gasteiger partial charge in [0.15, 0.2) is 0 Å². The van der Waals surface area contributed by atoms with Crippen LogP contribution in [0.15, 0.2) is 35.4 Å². The molecule has 0 aliphatic carbocycles. The van der Waals surface area contributed by atoms with Gasteiger partial charge in [0.05, 0.1) is 23.7 Å². The Morgan fingerprint density at radius 2 is 2.15 bits per heavy atom. The number of fused-ring (bicyclic) bond motifs is 2. The average molecular weight is 473 g/mol. The molecule has 11 heteroatoms. The molecule has 2 atom stereocenters. The fraction of sp³-hybridized carbons (Fsp3) is 0.391. The average Bonchev–Trinajstić information content (AvgIpc) is 2.81. The second-order valence-corrected chi connectivity index (χ2v) is 8.53. The van der Waals surface area contributed by atoms with Gasteiger partial charge in [-0.15, -0.1) is 0 Å². The van der Waals surface area contributed by atoms with E-state index < -0.39 is 29.3 Å². The lowest BCUT2D eigenvalue weighted by molar-refractivity contribution is -0.143. The van der Waals surface area contributed by atoms with Crippen LogP contribution in [0.3, 0.4) is 0 Å². The van der Waals surface area contributed by atoms with Gasteiger partial charge in [-0.3, -0.25) is 14.2 Å². The highest BCUT2D eigenvalue weighted by Crippen LogP contribution is 2.30. The summed E-state index contributed by atoms with van der Waals surface area (Å²) in [4.78, 5) is 36.1. The molecule has 5 rings (SSSR count). The number of halogens is 3. The summed E-state index contributed by atoms with van der Waals surface area (Å²) in [7, 11) is 1.51. The van der Waals surface area contributed by atoms with Crippen LogP contribution >= 0.6 is 0 Å². The number of pyridine rings is 1. The first kappa shape index (κ1) is 22.3. The molecule has 2 saturated heterocycles. The quantitative estimate of drug-likeness (QED) is 0.613. The van der Waals surface area contributed by atoms with Gasteiger partial charge in [0.25, 0.3) is 17.9 Å². The number of ether oxygens (including phenoxy) is 1. The van der Waals surface area contributed by atoms with Crippen molar-refractivity contribution < 1.29 is 22.7 Å². The van der Waals surface area contributed by atoms with Crippen molar-refractivity contribution in [1.29, 1.82) is 0 Å². The van der Waals surface area contributed by atoms with Crippen LogP contribution in [0.4, 0.5) is 19.0 Å². The molecule has 34 heavy (non-hydrogen) atoms. The van der Waals surface area contributed by atoms with Gasteiger partial charge in [-0.25, -0.2) is 23.1 Å². The maximum atomic E-state index is 14.4. The maximum Gasteiger partial charge on any atom is 0.266 e. The standard InChI is InChI=1S/C23H22F3N5O3/c1-30-21-15(7-16(22(30)32)23(33)31-6-5-13-10-34-17(13)9-31)20(28-11-29-21)27-8-12-3-2-4-14(18(12)24)19(25)26/h2-4,7,11,13,17,19H,5-6,8-10H2,1H3,(H,27,28,29). The first-order chi connectivity index (χ1) is 16.3. The Bertz CT molecular complexity index is 1330. The number of aryl methyl sites for hydroxylation is 1. The van der Waals surface area contributed by atoms with E-state index in [9.17, 15) is 22.8 Å². The molecule has 0 saturated carbocycles. The largest absolute Gasteiger partial charge is 0.376 e. The molecule has 1 aromatic carbocycles. The van der Waals surface area contributed by atoms with Gasteiger partial charge in [-0.1, -0.05) is 18.2 Å². The third-order valence-electron chi connectivity index (χ3n) is 6.53. The number of carbonyl (C=O) groups excluding carboxylic acids is 1. The summed E-state index contributed by atoms with van der Waals surface area (Å²) in [5.74, 6) is -0.690. The van der Waals surface area contributed by atoms with E-state index >= 15 is 0 Å². The van der Waals surface area contributed by atoms with Gasteiger partial charge in [-0.05, 0) is 12.5 Å². The molecule has 1 N–H and O–H groups in total. The molecule has 3 aromatic rings. The molecular formula is C23H22F3N5O3. The highest BCUT2D eigenvalue weighted by Gasteiger charge is 2.39. The van der Waals surface area contributed by atoms with Crippen molar-refractivity contribution in [3.05, 3.63) is 63.5 Å². The van der Waals surface area contributed by atoms with Crippen molar-refractivity contribution in [1.82, 2.24) is 19.4 Å². The van der Waals surface area contributed by atoms with E-state index in [1.54, 1.807) is 4.90 Å². The molecule has 1 amide bonds. The van der Waals surface area contributed by atoms with E-state index in [1.165, 1.54) is 36.1 Å². The van der Waals surface area contributed by atoms with Crippen molar-refractivity contribution in [3.8, 4) is 0 Å². The van der Waals surface area contributed by atoms with Gasteiger partial charge >= 0.3 is 0 Å². The first-order valence-electron chi connectivity index (χ1n) is 10.9. The molecule has 2 fully saturated rings. The number of hydrogen-bond donors (Lipinski definition) is 1. The predicted octanol–water partition coefficient (Wildman–Crippen LogP) is 2.88. The zero-order valence-electron chi connectivity index (χ0n) is 18.3. The summed E-state index contributed by atoms with van der Waals surface area (Å²) in [6.45, 7) is 1.55. The summed E-state index contributed by atoms with van der Waals surface area (Å²) >= 11 is 0. The normalized spacial score (nSPS) is 19.7. The third-order valence-corrected chi connectivity index (χ3v) is 6.53. The van der Waals surface area contributed by atoms with Crippen molar-refractivity contribution >= 4 is 22.8 Å². The van der Waals surface area contributed by atoms with Crippen LogP contribution in [0.5, 0.6) is 0 Å². The van der Waals surface area contributed by atoms with E-state index in [1.807, 2.05) is 0 Å². The Kier molecular flexibility index (Phi) is 5.72. The molecule has 2 aliphatic rings. The second kappa shape index (κ2) is 8.71. The molecule has 0 spiro atoms. The zero-order valence-corrected chi connectivity index (χ0v) is 18.3. The van der Waals surface area contributed by atoms with Crippen LogP contribution in [-0.2, 0) is 18.3 Å². The van der Waals surface area contributed by atoms with E-state index in [-0.39, 0.29) is 35.2 Å². The summed E-state index contributed by atoms with van der Waals surface area (Å²) < 4.78 is 47.3. The lowest BCUT2D eigenvalue weighted by atomic mass is 9.90. The van der Waals surface area contributed by atoms with Crippen molar-refractivity contribution in [2.24, 2.45) is 13.0 Å². The van der Waals surface area contributed by atoms with Crippen molar-refractivity contribution in [2.75, 3.05) is 25.0 Å². The summed E-state index contributed by atoms with van der Waals surface area (Å²) in [5, 5.41) is 3.31. The van der Waals surface area contributed by atoms with Crippen LogP contribution in [0.1, 0.15) is 34.3 Å². The molecule has 8 nitrogen and oxygen atoms in total. The number of likely N-dealkylation sites (tertiary alicyclic amines) is 1. The van der Waals surface area contributed by atoms with Gasteiger partial charge < -0.3 is 15.0 Å². The van der Waals surface area contributed by atoms with Crippen LogP contribution in [0.25, 0.3) is 11.0 Å². The smallest absolute Gasteiger partial charge is 0.266 e. The first-order valence-corrected chi connectivity index (χ1v) is 10.9. The number of rotatable bonds is 5. The molecular weight excluding hydrogens is 451 g/mol. The summed E-state index contributed by atoms with van der Waals surface area (Å²) in [6.07, 6.45) is -0.875. The van der Waals surface area contributed by atoms with E-state index in [2.05, 4.69) is 15.3 Å². The topological polar surface area (TPSA) is 89.4 Å². The highest BCUT2D eigenvalue weighted by atomic mass is 19.3. The highest BCUT2D eigenvalue weighted by molar-refractivity contribution is 5.99. The monoisotopic (exact) mass is 473 g/mol. The van der Waals surface area contributed by atoms with Crippen LogP contribution in [-0.4, -0.2) is 51.1 Å². The summed E-state index contributed by atoms with van der Waals surface area (Å²) in [6, 6.07) is 5.22. The Morgan fingerprint density at radius 3 is 2.85 bits per heavy atom. The number of alkyl halides is 2. The maximum absolute atomic E-state index is 14.4. The van der Waals surface area contributed by atoms with Gasteiger partial charge in [0, 0.05) is 38.2 Å². The minimum absolute atomic E-state index is 0.00136. The number of hydrogen-bond acceptors (Lipinski definition) is 6. The Hall–Kier alpha value is -3.47. The summed E-state index contributed by atoms with van der Waals surface area (Å²) in [5.41, 5.74) is -0.886. The predicted molar refractivity (Wildman–Crippen MR) is 117 cm³/mol. The number of carbonyl (C=O) groups is 1. The van der Waals surface area contributed by atoms with Gasteiger partial charge in [0.2, 0.25) is 0 Å². The Morgan fingerprint density at radius 1 is 1.32 bits per heavy atom. The zero-order chi connectivity index (χ0) is 24.0. The fourth-order valence-corrected chi connectivity index (χ4v) is 4.47. The Balaban J connectivity index is 1.47. The number of aromatic nitrogens is 3. The lowest BCUT2D eigenvalue weighted by Gasteiger charge is -2.45. The minimum atomic E-state index is -2.93. The van der Waals surface area contributed by atoms with Crippen LogP contribution < -0.4 is 10.9 Å². The number of nitrogens with zero attached hydrogens (tertiary/aromatic N) is 4. The molecule has 178 valence electrons. The number of benzene rings is 1. The SMILES string of the molecule is Cn1c(=O)c(C(=O)N2CCC3COC3C2)cc2c(NCc3cccc(C(F)F)c3F)ncnc21. The molecule has 2 unspecified atom stereocenters. The third kappa shape index (κ3) is 3.79. The second-order valence-electron chi connectivity index (χ2n) is 8.53. The minimum Gasteiger partial charge on any atom is -0.376 e. The van der Waals surface area contributed by atoms with Gasteiger partial charge in [-0.2, -0.15) is 0 Å². The molecule has 2 aromatic heterocycles. The van der Waals surface area contributed by atoms with Crippen LogP contribution in [0, 0.1) is 11.7 Å². The fourth-order valence-electron chi connectivity index (χ4n) is 4.47. The lowest BCUT2D eigenvalue weighted by Crippen LogP contribution is -2.55. The number of nitrogens with one attached hydrogen (secondary N) is 1. The number of anilines is 1. The van der Waals surface area contributed by atoms with Crippen molar-refractivity contribution in [3.63, 3.8) is 0 Å². The number of piperidine rings is 1. The van der Waals surface area contributed by atoms with E-state index in [0.717, 1.165) is 12.5 Å². The molecule has 2 aliphatic heterocycles.